The molecule has 2 aromatic heterocycles. The van der Waals surface area contributed by atoms with Gasteiger partial charge in [0.05, 0.1) is 22.2 Å². The first-order chi connectivity index (χ1) is 21.1. The molecule has 45 heavy (non-hydrogen) atoms. The van der Waals surface area contributed by atoms with Gasteiger partial charge in [-0.1, -0.05) is 6.07 Å². The lowest BCUT2D eigenvalue weighted by Crippen LogP contribution is -2.39. The molecule has 0 saturated heterocycles. The Morgan fingerprint density at radius 1 is 1.11 bits per heavy atom. The number of sulfonamides is 1. The molecule has 2 aromatic carbocycles. The van der Waals surface area contributed by atoms with Gasteiger partial charge in [-0.25, -0.2) is 28.3 Å². The number of nitrogens with one attached hydrogen (secondary N) is 1. The van der Waals surface area contributed by atoms with Crippen molar-refractivity contribution in [2.24, 2.45) is 12.2 Å². The van der Waals surface area contributed by atoms with Gasteiger partial charge in [-0.2, -0.15) is 10.1 Å². The molecule has 14 nitrogen and oxygen atoms in total. The molecule has 0 aliphatic carbocycles. The van der Waals surface area contributed by atoms with E-state index in [4.69, 9.17) is 19.6 Å². The van der Waals surface area contributed by atoms with E-state index in [1.54, 1.807) is 32.9 Å². The number of carbonyl (C=O) groups excluding carboxylic acids is 1. The molecule has 0 aliphatic heterocycles. The Hall–Kier alpha value is -3.88. The molecule has 4 rings (SSSR count). The molecule has 0 amide bonds. The number of nitrogens with zero attached hydrogens (tertiary/aromatic N) is 6. The van der Waals surface area contributed by atoms with Crippen LogP contribution in [0.4, 0.5) is 23.1 Å². The first kappa shape index (κ1) is 34.0. The normalized spacial score (nSPS) is 13.9. The van der Waals surface area contributed by atoms with Gasteiger partial charge in [-0.05, 0) is 76.6 Å². The van der Waals surface area contributed by atoms with Crippen LogP contribution in [0.15, 0.2) is 53.6 Å². The minimum Gasteiger partial charge on any atom is -0.462 e. The number of aromatic nitrogens is 4. The zero-order chi connectivity index (χ0) is 33.3. The predicted molar refractivity (Wildman–Crippen MR) is 174 cm³/mol. The third kappa shape index (κ3) is 7.34. The van der Waals surface area contributed by atoms with Crippen molar-refractivity contribution in [2.75, 3.05) is 30.1 Å². The summed E-state index contributed by atoms with van der Waals surface area (Å²) in [4.78, 5) is 23.6. The largest absolute Gasteiger partial charge is 0.462 e. The van der Waals surface area contributed by atoms with E-state index in [9.17, 15) is 17.8 Å². The highest BCUT2D eigenvalue weighted by molar-refractivity contribution is 7.89. The molecule has 2 heterocycles. The Labute approximate surface area is 263 Å². The molecule has 0 radical (unpaired) electrons. The molecule has 242 valence electrons. The standard InChI is InChI=1S/C29H39N8O6PS/c1-18(2)43-28(38)20(4)34-44(39,17-42-8)37(23-10-9-19(3)26(16-23)45(30,40)41)29-31-14-13-27(32-29)35(6)22-11-12-24-21(5)36(7)33-25(24)15-22/h9-16,18,20H,17H2,1-8H3,(H,34,39)(H2,30,40,41)/t20-,44?/m0/s1. The quantitative estimate of drug-likeness (QED) is 0.164. The van der Waals surface area contributed by atoms with Crippen LogP contribution in [0.3, 0.4) is 0 Å². The van der Waals surface area contributed by atoms with Gasteiger partial charge in [0.2, 0.25) is 16.0 Å². The van der Waals surface area contributed by atoms with E-state index in [0.29, 0.717) is 11.4 Å². The number of primary sulfonamides is 1. The van der Waals surface area contributed by atoms with Crippen molar-refractivity contribution in [3.05, 3.63) is 59.9 Å². The van der Waals surface area contributed by atoms with Crippen molar-refractivity contribution >= 4 is 57.5 Å². The number of hydrogen-bond acceptors (Lipinski definition) is 10. The number of hydrogen-bond donors (Lipinski definition) is 2. The maximum atomic E-state index is 14.9. The number of esters is 1. The average Bonchev–Trinajstić information content (AvgIpc) is 3.25. The Bertz CT molecular complexity index is 1880. The summed E-state index contributed by atoms with van der Waals surface area (Å²) in [6.45, 7) is 8.50. The molecule has 0 aliphatic rings. The highest BCUT2D eigenvalue weighted by Crippen LogP contribution is 2.53. The van der Waals surface area contributed by atoms with Crippen LogP contribution in [0.25, 0.3) is 10.9 Å². The number of anilines is 4. The summed E-state index contributed by atoms with van der Waals surface area (Å²) in [5.41, 5.74) is 3.16. The SMILES string of the molecule is COCP(=O)(N[C@@H](C)C(=O)OC(C)C)N(c1ccc(C)c(S(N)(=O)=O)c1)c1nccc(N(C)c2ccc3c(C)n(C)nc3c2)n1. The van der Waals surface area contributed by atoms with Gasteiger partial charge in [-0.15, -0.1) is 0 Å². The number of benzene rings is 2. The monoisotopic (exact) mass is 658 g/mol. The van der Waals surface area contributed by atoms with Crippen LogP contribution < -0.4 is 19.8 Å². The van der Waals surface area contributed by atoms with Gasteiger partial charge in [-0.3, -0.25) is 14.0 Å². The zero-order valence-electron chi connectivity index (χ0n) is 26.5. The van der Waals surface area contributed by atoms with Crippen molar-refractivity contribution in [3.63, 3.8) is 0 Å². The number of rotatable bonds is 12. The van der Waals surface area contributed by atoms with Gasteiger partial charge in [0, 0.05) is 44.2 Å². The van der Waals surface area contributed by atoms with E-state index in [0.717, 1.165) is 22.3 Å². The third-order valence-electron chi connectivity index (χ3n) is 7.11. The van der Waals surface area contributed by atoms with Crippen LogP contribution in [0.1, 0.15) is 32.0 Å². The Balaban J connectivity index is 1.87. The van der Waals surface area contributed by atoms with Gasteiger partial charge in [0.25, 0.3) is 7.44 Å². The lowest BCUT2D eigenvalue weighted by atomic mass is 10.2. The minimum absolute atomic E-state index is 0.0457. The second kappa shape index (κ2) is 13.2. The van der Waals surface area contributed by atoms with Crippen LogP contribution >= 0.6 is 7.44 Å². The number of aryl methyl sites for hydroxylation is 3. The van der Waals surface area contributed by atoms with E-state index < -0.39 is 41.9 Å². The molecule has 0 spiro atoms. The van der Waals surface area contributed by atoms with E-state index in [1.165, 1.54) is 37.0 Å². The van der Waals surface area contributed by atoms with Gasteiger partial charge < -0.3 is 14.4 Å². The average molecular weight is 659 g/mol. The maximum absolute atomic E-state index is 14.9. The molecule has 16 heteroatoms. The summed E-state index contributed by atoms with van der Waals surface area (Å²) < 4.78 is 53.6. The fraction of sp³-hybridized carbons (Fsp3) is 0.379. The van der Waals surface area contributed by atoms with E-state index >= 15 is 0 Å². The van der Waals surface area contributed by atoms with Gasteiger partial charge in [0.15, 0.2) is 0 Å². The fourth-order valence-electron chi connectivity index (χ4n) is 4.78. The van der Waals surface area contributed by atoms with E-state index in [-0.39, 0.29) is 16.5 Å². The molecule has 2 atom stereocenters. The topological polar surface area (TPSA) is 175 Å². The first-order valence-electron chi connectivity index (χ1n) is 14.1. The van der Waals surface area contributed by atoms with Crippen molar-refractivity contribution < 1.29 is 27.3 Å². The Kier molecular flexibility index (Phi) is 10.00. The third-order valence-corrected chi connectivity index (χ3v) is 10.6. The number of methoxy groups -OCH3 is 1. The van der Waals surface area contributed by atoms with Crippen molar-refractivity contribution in [1.29, 1.82) is 0 Å². The number of ether oxygens (including phenoxy) is 2. The molecular weight excluding hydrogens is 619 g/mol. The summed E-state index contributed by atoms with van der Waals surface area (Å²) in [5, 5.41) is 14.0. The van der Waals surface area contributed by atoms with E-state index in [2.05, 4.69) is 15.2 Å². The molecule has 1 unspecified atom stereocenters. The van der Waals surface area contributed by atoms with Crippen LogP contribution in [-0.4, -0.2) is 66.8 Å². The fourth-order valence-corrected chi connectivity index (χ4v) is 7.83. The maximum Gasteiger partial charge on any atom is 0.323 e. The summed E-state index contributed by atoms with van der Waals surface area (Å²) in [6, 6.07) is 10.9. The Morgan fingerprint density at radius 3 is 2.44 bits per heavy atom. The summed E-state index contributed by atoms with van der Waals surface area (Å²) >= 11 is 0. The van der Waals surface area contributed by atoms with Crippen molar-refractivity contribution in [1.82, 2.24) is 24.8 Å². The molecule has 0 fully saturated rings. The molecule has 0 bridgehead atoms. The lowest BCUT2D eigenvalue weighted by Gasteiger charge is -2.34. The van der Waals surface area contributed by atoms with Gasteiger partial charge >= 0.3 is 5.97 Å². The highest BCUT2D eigenvalue weighted by Gasteiger charge is 2.38. The van der Waals surface area contributed by atoms with Crippen molar-refractivity contribution in [2.45, 2.75) is 51.7 Å². The van der Waals surface area contributed by atoms with Crippen LogP contribution in [0.5, 0.6) is 0 Å². The smallest absolute Gasteiger partial charge is 0.323 e. The zero-order valence-corrected chi connectivity index (χ0v) is 28.3. The highest BCUT2D eigenvalue weighted by atomic mass is 32.2. The molecule has 4 aromatic rings. The second-order valence-corrected chi connectivity index (χ2v) is 14.8. The number of nitrogens with two attached hydrogens (primary N) is 1. The molecule has 0 saturated carbocycles. The van der Waals surface area contributed by atoms with Crippen LogP contribution in [0, 0.1) is 13.8 Å². The predicted octanol–water partition coefficient (Wildman–Crippen LogP) is 4.26. The first-order valence-corrected chi connectivity index (χ1v) is 17.5. The second-order valence-electron chi connectivity index (χ2n) is 10.9. The molecular formula is C29H39N8O6PS. The Morgan fingerprint density at radius 2 is 1.80 bits per heavy atom. The lowest BCUT2D eigenvalue weighted by molar-refractivity contribution is -0.148. The summed E-state index contributed by atoms with van der Waals surface area (Å²) in [6.07, 6.45) is 0.690. The number of carbonyl (C=O) groups is 1. The van der Waals surface area contributed by atoms with Crippen LogP contribution in [0.2, 0.25) is 0 Å². The summed E-state index contributed by atoms with van der Waals surface area (Å²) in [7, 11) is -3.11. The van der Waals surface area contributed by atoms with E-state index in [1.807, 2.05) is 48.8 Å². The minimum atomic E-state index is -4.16. The summed E-state index contributed by atoms with van der Waals surface area (Å²) in [5.74, 6) is -0.243. The van der Waals surface area contributed by atoms with Crippen molar-refractivity contribution in [3.8, 4) is 0 Å². The number of fused-ring (bicyclic) bond motifs is 1. The van der Waals surface area contributed by atoms with Crippen LogP contribution in [-0.2, 0) is 35.9 Å². The molecule has 3 N–H and O–H groups in total. The van der Waals surface area contributed by atoms with Gasteiger partial charge in [0.1, 0.15) is 18.2 Å².